The summed E-state index contributed by atoms with van der Waals surface area (Å²) in [5, 5.41) is 6.22. The molecule has 0 bridgehead atoms. The normalized spacial score (nSPS) is 21.5. The van der Waals surface area contributed by atoms with Crippen LogP contribution in [0.5, 0.6) is 0 Å². The molecule has 0 radical (unpaired) electrons. The van der Waals surface area contributed by atoms with E-state index >= 15 is 0 Å². The monoisotopic (exact) mass is 381 g/mol. The van der Waals surface area contributed by atoms with Crippen molar-refractivity contribution in [1.82, 2.24) is 0 Å². The van der Waals surface area contributed by atoms with Gasteiger partial charge in [-0.2, -0.15) is 5.10 Å². The van der Waals surface area contributed by atoms with Gasteiger partial charge in [0, 0.05) is 11.9 Å². The number of carbonyl (C=O) groups excluding carboxylic acids is 3. The second-order valence-electron chi connectivity index (χ2n) is 6.64. The number of anilines is 2. The molecule has 1 saturated heterocycles. The second-order valence-corrected chi connectivity index (χ2v) is 7.07. The summed E-state index contributed by atoms with van der Waals surface area (Å²) < 4.78 is 0. The van der Waals surface area contributed by atoms with Crippen LogP contribution in [-0.2, 0) is 14.4 Å². The fourth-order valence-corrected chi connectivity index (χ4v) is 3.67. The fraction of sp³-hybridized carbons (Fsp3) is 0.200. The van der Waals surface area contributed by atoms with Gasteiger partial charge in [0.2, 0.25) is 5.91 Å². The number of Topliss-reactive ketones (excluding diaryl/α,β-unsaturated/α-hetero) is 1. The minimum absolute atomic E-state index is 0.100. The highest BCUT2D eigenvalue weighted by atomic mass is 35.5. The van der Waals surface area contributed by atoms with Gasteiger partial charge in [-0.3, -0.25) is 19.4 Å². The van der Waals surface area contributed by atoms with Gasteiger partial charge >= 0.3 is 0 Å². The molecule has 7 heteroatoms. The fourth-order valence-electron chi connectivity index (χ4n) is 3.49. The number of hydrogen-bond acceptors (Lipinski definition) is 5. The highest BCUT2D eigenvalue weighted by molar-refractivity contribution is 6.49. The molecule has 2 atom stereocenters. The van der Waals surface area contributed by atoms with Gasteiger partial charge in [0.1, 0.15) is 17.7 Å². The zero-order chi connectivity index (χ0) is 19.3. The van der Waals surface area contributed by atoms with Gasteiger partial charge in [0.05, 0.1) is 11.4 Å². The molecule has 2 aromatic rings. The van der Waals surface area contributed by atoms with Gasteiger partial charge < -0.3 is 0 Å². The summed E-state index contributed by atoms with van der Waals surface area (Å²) in [5.74, 6) is -2.13. The predicted octanol–water partition coefficient (Wildman–Crippen LogP) is 2.97. The molecule has 2 aliphatic heterocycles. The van der Waals surface area contributed by atoms with Crippen LogP contribution < -0.4 is 9.91 Å². The summed E-state index contributed by atoms with van der Waals surface area (Å²) in [6.07, 6.45) is 0. The van der Waals surface area contributed by atoms with Crippen LogP contribution in [0.25, 0.3) is 0 Å². The van der Waals surface area contributed by atoms with Crippen LogP contribution in [0.1, 0.15) is 12.5 Å². The SMILES string of the molecule is CC(=O)C1=NN(c2ccc(C)cc2)[C@@H]2C(=O)N(c3cccc(Cl)c3)C(=O)[C@@H]12. The quantitative estimate of drug-likeness (QED) is 0.766. The van der Waals surface area contributed by atoms with E-state index in [0.717, 1.165) is 10.5 Å². The molecule has 136 valence electrons. The van der Waals surface area contributed by atoms with Crippen molar-refractivity contribution in [2.75, 3.05) is 9.91 Å². The first kappa shape index (κ1) is 17.4. The Morgan fingerprint density at radius 3 is 2.37 bits per heavy atom. The second kappa shape index (κ2) is 6.32. The van der Waals surface area contributed by atoms with E-state index in [1.807, 2.05) is 31.2 Å². The first-order valence-electron chi connectivity index (χ1n) is 8.47. The molecule has 27 heavy (non-hydrogen) atoms. The molecule has 2 heterocycles. The lowest BCUT2D eigenvalue weighted by Crippen LogP contribution is -2.39. The van der Waals surface area contributed by atoms with Crippen LogP contribution in [-0.4, -0.2) is 29.4 Å². The van der Waals surface area contributed by atoms with E-state index in [4.69, 9.17) is 11.6 Å². The molecule has 6 nitrogen and oxygen atoms in total. The smallest absolute Gasteiger partial charge is 0.259 e. The van der Waals surface area contributed by atoms with Crippen molar-refractivity contribution in [3.05, 3.63) is 59.1 Å². The minimum Gasteiger partial charge on any atom is -0.293 e. The Hall–Kier alpha value is -2.99. The standard InChI is InChI=1S/C20H16ClN3O3/c1-11-6-8-14(9-7-11)24-18-16(17(22-24)12(2)25)19(26)23(20(18)27)15-5-3-4-13(21)10-15/h3-10,16,18H,1-2H3/t16-,18-/m0/s1. The summed E-state index contributed by atoms with van der Waals surface area (Å²) in [5.41, 5.74) is 2.20. The molecule has 0 unspecified atom stereocenters. The Labute approximate surface area is 161 Å². The van der Waals surface area contributed by atoms with Gasteiger partial charge in [0.25, 0.3) is 5.91 Å². The number of nitrogens with zero attached hydrogens (tertiary/aromatic N) is 3. The predicted molar refractivity (Wildman–Crippen MR) is 103 cm³/mol. The van der Waals surface area contributed by atoms with Crippen LogP contribution >= 0.6 is 11.6 Å². The molecule has 2 aliphatic rings. The number of hydrazone groups is 1. The van der Waals surface area contributed by atoms with Crippen LogP contribution in [0.15, 0.2) is 53.6 Å². The summed E-state index contributed by atoms with van der Waals surface area (Å²) in [7, 11) is 0. The third-order valence-electron chi connectivity index (χ3n) is 4.77. The van der Waals surface area contributed by atoms with Gasteiger partial charge in [-0.15, -0.1) is 0 Å². The van der Waals surface area contributed by atoms with Crippen LogP contribution in [0.4, 0.5) is 11.4 Å². The number of aryl methyl sites for hydroxylation is 1. The summed E-state index contributed by atoms with van der Waals surface area (Å²) in [4.78, 5) is 39.4. The Morgan fingerprint density at radius 2 is 1.74 bits per heavy atom. The molecule has 4 rings (SSSR count). The first-order valence-corrected chi connectivity index (χ1v) is 8.85. The number of benzene rings is 2. The Balaban J connectivity index is 1.80. The van der Waals surface area contributed by atoms with Crippen molar-refractivity contribution in [2.45, 2.75) is 19.9 Å². The molecular formula is C20H16ClN3O3. The Morgan fingerprint density at radius 1 is 1.04 bits per heavy atom. The maximum absolute atomic E-state index is 13.2. The van der Waals surface area contributed by atoms with E-state index < -0.39 is 23.8 Å². The number of carbonyl (C=O) groups is 3. The van der Waals surface area contributed by atoms with Gasteiger partial charge in [-0.25, -0.2) is 4.90 Å². The number of halogens is 1. The lowest BCUT2D eigenvalue weighted by atomic mass is 9.95. The zero-order valence-electron chi connectivity index (χ0n) is 14.7. The van der Waals surface area contributed by atoms with Crippen molar-refractivity contribution < 1.29 is 14.4 Å². The van der Waals surface area contributed by atoms with E-state index in [1.165, 1.54) is 11.9 Å². The van der Waals surface area contributed by atoms with Crippen molar-refractivity contribution in [2.24, 2.45) is 11.0 Å². The molecule has 0 aromatic heterocycles. The average molecular weight is 382 g/mol. The number of amides is 2. The molecule has 0 N–H and O–H groups in total. The lowest BCUT2D eigenvalue weighted by molar-refractivity contribution is -0.122. The van der Waals surface area contributed by atoms with Crippen molar-refractivity contribution in [3.8, 4) is 0 Å². The van der Waals surface area contributed by atoms with Crippen LogP contribution in [0, 0.1) is 12.8 Å². The largest absolute Gasteiger partial charge is 0.293 e. The number of hydrogen-bond donors (Lipinski definition) is 0. The highest BCUT2D eigenvalue weighted by Crippen LogP contribution is 2.38. The van der Waals surface area contributed by atoms with Crippen LogP contribution in [0.3, 0.4) is 0 Å². The Kier molecular flexibility index (Phi) is 4.08. The third kappa shape index (κ3) is 2.73. The van der Waals surface area contributed by atoms with Gasteiger partial charge in [-0.05, 0) is 37.3 Å². The number of rotatable bonds is 3. The van der Waals surface area contributed by atoms with E-state index in [9.17, 15) is 14.4 Å². The minimum atomic E-state index is -0.921. The van der Waals surface area contributed by atoms with Crippen molar-refractivity contribution in [3.63, 3.8) is 0 Å². The third-order valence-corrected chi connectivity index (χ3v) is 5.01. The van der Waals surface area contributed by atoms with Crippen molar-refractivity contribution >= 4 is 46.3 Å². The Bertz CT molecular complexity index is 1000. The maximum Gasteiger partial charge on any atom is 0.259 e. The summed E-state index contributed by atoms with van der Waals surface area (Å²) >= 11 is 6.02. The molecule has 2 amide bonds. The topological polar surface area (TPSA) is 70.1 Å². The molecule has 1 fully saturated rings. The molecule has 0 aliphatic carbocycles. The highest BCUT2D eigenvalue weighted by Gasteiger charge is 2.58. The summed E-state index contributed by atoms with van der Waals surface area (Å²) in [6, 6.07) is 13.1. The number of imide groups is 1. The van der Waals surface area contributed by atoms with Crippen molar-refractivity contribution in [1.29, 1.82) is 0 Å². The molecular weight excluding hydrogens is 366 g/mol. The average Bonchev–Trinajstić information content (AvgIpc) is 3.13. The van der Waals surface area contributed by atoms with E-state index in [2.05, 4.69) is 5.10 Å². The number of fused-ring (bicyclic) bond motifs is 1. The van der Waals surface area contributed by atoms with E-state index in [-0.39, 0.29) is 11.5 Å². The van der Waals surface area contributed by atoms with E-state index in [1.54, 1.807) is 24.3 Å². The number of ketones is 1. The van der Waals surface area contributed by atoms with E-state index in [0.29, 0.717) is 16.4 Å². The molecule has 0 spiro atoms. The lowest BCUT2D eigenvalue weighted by Gasteiger charge is -2.22. The van der Waals surface area contributed by atoms with Crippen LogP contribution in [0.2, 0.25) is 5.02 Å². The molecule has 0 saturated carbocycles. The maximum atomic E-state index is 13.2. The zero-order valence-corrected chi connectivity index (χ0v) is 15.5. The molecule has 2 aromatic carbocycles. The first-order chi connectivity index (χ1) is 12.9. The van der Waals surface area contributed by atoms with Gasteiger partial charge in [0.15, 0.2) is 5.78 Å². The van der Waals surface area contributed by atoms with Gasteiger partial charge in [-0.1, -0.05) is 35.4 Å². The summed E-state index contributed by atoms with van der Waals surface area (Å²) in [6.45, 7) is 3.31.